The van der Waals surface area contributed by atoms with E-state index in [1.165, 1.54) is 19.3 Å². The second-order valence-corrected chi connectivity index (χ2v) is 5.99. The Hall–Kier alpha value is -1.82. The van der Waals surface area contributed by atoms with Gasteiger partial charge >= 0.3 is 0 Å². The summed E-state index contributed by atoms with van der Waals surface area (Å²) in [6.07, 6.45) is 37.7. The molecule has 5 aliphatic rings. The van der Waals surface area contributed by atoms with E-state index in [-0.39, 0.29) is 0 Å². The number of fused-ring (bicyclic) bond motifs is 2. The van der Waals surface area contributed by atoms with Gasteiger partial charge < -0.3 is 0 Å². The molecular formula is C22H28. The van der Waals surface area contributed by atoms with Gasteiger partial charge in [-0.1, -0.05) is 85.1 Å². The molecule has 1 fully saturated rings. The lowest BCUT2D eigenvalue weighted by Gasteiger charge is -1.96. The lowest BCUT2D eigenvalue weighted by atomic mass is 10.1. The fourth-order valence-electron chi connectivity index (χ4n) is 2.90. The van der Waals surface area contributed by atoms with Crippen molar-refractivity contribution in [2.45, 2.75) is 38.5 Å². The minimum Gasteiger partial charge on any atom is -0.0851 e. The molecule has 0 aromatic heterocycles. The first-order valence-corrected chi connectivity index (χ1v) is 8.58. The first kappa shape index (κ1) is 16.5. The Kier molecular flexibility index (Phi) is 8.16. The Morgan fingerprint density at radius 3 is 0.864 bits per heavy atom. The van der Waals surface area contributed by atoms with Crippen LogP contribution >= 0.6 is 0 Å². The summed E-state index contributed by atoms with van der Waals surface area (Å²) < 4.78 is 0. The van der Waals surface area contributed by atoms with Crippen LogP contribution in [0, 0.1) is 11.8 Å². The maximum Gasteiger partial charge on any atom is -0.0163 e. The molecule has 1 saturated carbocycles. The van der Waals surface area contributed by atoms with Crippen molar-refractivity contribution in [3.05, 3.63) is 85.1 Å². The zero-order valence-corrected chi connectivity index (χ0v) is 13.5. The number of rotatable bonds is 0. The van der Waals surface area contributed by atoms with E-state index < -0.39 is 0 Å². The largest absolute Gasteiger partial charge is 0.0851 e. The molecule has 2 unspecified atom stereocenters. The number of hydrogen-bond acceptors (Lipinski definition) is 0. The molecule has 0 aromatic rings. The summed E-state index contributed by atoms with van der Waals surface area (Å²) in [5, 5.41) is 0. The number of allylic oxidation sites excluding steroid dienone is 14. The smallest absolute Gasteiger partial charge is 0.0163 e. The lowest BCUT2D eigenvalue weighted by Crippen LogP contribution is -1.82. The van der Waals surface area contributed by atoms with E-state index in [4.69, 9.17) is 0 Å². The summed E-state index contributed by atoms with van der Waals surface area (Å²) in [5.74, 6) is 1.98. The average molecular weight is 292 g/mol. The van der Waals surface area contributed by atoms with Crippen LogP contribution in [0.1, 0.15) is 38.5 Å². The summed E-state index contributed by atoms with van der Waals surface area (Å²) in [6, 6.07) is 0. The third-order valence-electron chi connectivity index (χ3n) is 4.14. The number of hydrogen-bond donors (Lipinski definition) is 0. The molecular weight excluding hydrogens is 264 g/mol. The molecule has 0 spiro atoms. The third kappa shape index (κ3) is 7.26. The summed E-state index contributed by atoms with van der Waals surface area (Å²) in [6.45, 7) is 0. The van der Waals surface area contributed by atoms with Crippen LogP contribution in [0.15, 0.2) is 85.1 Å². The van der Waals surface area contributed by atoms with Crippen molar-refractivity contribution in [2.75, 3.05) is 0 Å². The fraction of sp³-hybridized carbons (Fsp3) is 0.364. The van der Waals surface area contributed by atoms with Gasteiger partial charge in [-0.25, -0.2) is 0 Å². The molecule has 0 heterocycles. The van der Waals surface area contributed by atoms with Gasteiger partial charge in [0, 0.05) is 0 Å². The minimum atomic E-state index is 0.991. The van der Waals surface area contributed by atoms with Gasteiger partial charge in [0.15, 0.2) is 0 Å². The summed E-state index contributed by atoms with van der Waals surface area (Å²) in [5.41, 5.74) is 0. The highest BCUT2D eigenvalue weighted by molar-refractivity contribution is 5.13. The molecule has 0 aliphatic heterocycles. The fourth-order valence-corrected chi connectivity index (χ4v) is 2.90. The predicted octanol–water partition coefficient (Wildman–Crippen LogP) is 6.48. The zero-order chi connectivity index (χ0) is 15.3. The van der Waals surface area contributed by atoms with Gasteiger partial charge in [0.25, 0.3) is 0 Å². The van der Waals surface area contributed by atoms with Gasteiger partial charge in [-0.3, -0.25) is 0 Å². The van der Waals surface area contributed by atoms with Crippen molar-refractivity contribution in [3.63, 3.8) is 0 Å². The van der Waals surface area contributed by atoms with Crippen molar-refractivity contribution in [3.8, 4) is 0 Å². The summed E-state index contributed by atoms with van der Waals surface area (Å²) in [7, 11) is 0. The monoisotopic (exact) mass is 292 g/mol. The average Bonchev–Trinajstić information content (AvgIpc) is 3.46. The second-order valence-electron chi connectivity index (χ2n) is 5.99. The Labute approximate surface area is 136 Å². The SMILES string of the molecule is C1=CC2CCC1C2.C1=CCC=C1.C1=CCC=C1.C1=CCC=C1. The standard InChI is InChI=1S/C7H10.3C5H6/c1-2-7-4-3-6(1)5-7;3*1-2-4-5-3-1/h1-2,6-7H,3-5H2;3*1-4H,5H2. The first-order valence-electron chi connectivity index (χ1n) is 8.58. The van der Waals surface area contributed by atoms with Crippen LogP contribution in [0.2, 0.25) is 0 Å². The molecule has 2 atom stereocenters. The summed E-state index contributed by atoms with van der Waals surface area (Å²) >= 11 is 0. The van der Waals surface area contributed by atoms with E-state index in [9.17, 15) is 0 Å². The Balaban J connectivity index is 0.000000109. The van der Waals surface area contributed by atoms with Crippen LogP contribution in [0.25, 0.3) is 0 Å². The maximum atomic E-state index is 2.38. The van der Waals surface area contributed by atoms with Crippen molar-refractivity contribution < 1.29 is 0 Å². The van der Waals surface area contributed by atoms with Gasteiger partial charge in [-0.2, -0.15) is 0 Å². The van der Waals surface area contributed by atoms with Crippen molar-refractivity contribution in [1.82, 2.24) is 0 Å². The van der Waals surface area contributed by atoms with E-state index in [0.29, 0.717) is 0 Å². The Morgan fingerprint density at radius 1 is 0.455 bits per heavy atom. The van der Waals surface area contributed by atoms with Gasteiger partial charge in [0.1, 0.15) is 0 Å². The molecule has 2 bridgehead atoms. The van der Waals surface area contributed by atoms with Crippen LogP contribution in [0.5, 0.6) is 0 Å². The Bertz CT molecular complexity index is 400. The van der Waals surface area contributed by atoms with Gasteiger partial charge in [-0.15, -0.1) is 0 Å². The molecule has 0 N–H and O–H groups in total. The lowest BCUT2D eigenvalue weighted by molar-refractivity contribution is 0.691. The van der Waals surface area contributed by atoms with Crippen LogP contribution < -0.4 is 0 Å². The topological polar surface area (TPSA) is 0 Å². The van der Waals surface area contributed by atoms with E-state index in [1.54, 1.807) is 0 Å². The Morgan fingerprint density at radius 2 is 0.773 bits per heavy atom. The second kappa shape index (κ2) is 10.8. The van der Waals surface area contributed by atoms with E-state index in [2.05, 4.69) is 85.1 Å². The third-order valence-corrected chi connectivity index (χ3v) is 4.14. The molecule has 22 heavy (non-hydrogen) atoms. The molecule has 5 rings (SSSR count). The first-order chi connectivity index (χ1) is 10.9. The highest BCUT2D eigenvalue weighted by Crippen LogP contribution is 2.38. The maximum absolute atomic E-state index is 2.38. The van der Waals surface area contributed by atoms with Crippen LogP contribution in [0.4, 0.5) is 0 Å². The van der Waals surface area contributed by atoms with E-state index in [0.717, 1.165) is 31.1 Å². The van der Waals surface area contributed by atoms with Crippen LogP contribution in [-0.2, 0) is 0 Å². The minimum absolute atomic E-state index is 0.991. The van der Waals surface area contributed by atoms with Gasteiger partial charge in [-0.05, 0) is 50.4 Å². The molecule has 0 aromatic carbocycles. The van der Waals surface area contributed by atoms with Gasteiger partial charge in [0.2, 0.25) is 0 Å². The van der Waals surface area contributed by atoms with E-state index in [1.807, 2.05) is 0 Å². The normalized spacial score (nSPS) is 26.5. The predicted molar refractivity (Wildman–Crippen MR) is 98.7 cm³/mol. The molecule has 0 saturated heterocycles. The van der Waals surface area contributed by atoms with Crippen molar-refractivity contribution in [2.24, 2.45) is 11.8 Å². The highest BCUT2D eigenvalue weighted by atomic mass is 14.3. The summed E-state index contributed by atoms with van der Waals surface area (Å²) in [4.78, 5) is 0. The van der Waals surface area contributed by atoms with Crippen molar-refractivity contribution >= 4 is 0 Å². The molecule has 0 heteroatoms. The van der Waals surface area contributed by atoms with Crippen LogP contribution in [-0.4, -0.2) is 0 Å². The molecule has 0 radical (unpaired) electrons. The highest BCUT2D eigenvalue weighted by Gasteiger charge is 2.25. The molecule has 0 nitrogen and oxygen atoms in total. The molecule has 0 amide bonds. The van der Waals surface area contributed by atoms with Crippen molar-refractivity contribution in [1.29, 1.82) is 0 Å². The van der Waals surface area contributed by atoms with Crippen LogP contribution in [0.3, 0.4) is 0 Å². The quantitative estimate of drug-likeness (QED) is 0.448. The molecule has 116 valence electrons. The van der Waals surface area contributed by atoms with E-state index >= 15 is 0 Å². The molecule has 5 aliphatic carbocycles. The zero-order valence-electron chi connectivity index (χ0n) is 13.5. The van der Waals surface area contributed by atoms with Gasteiger partial charge in [0.05, 0.1) is 0 Å².